The maximum absolute atomic E-state index is 9.28. The lowest BCUT2D eigenvalue weighted by molar-refractivity contribution is -0.207. The summed E-state index contributed by atoms with van der Waals surface area (Å²) in [5.74, 6) is 1.07. The van der Waals surface area contributed by atoms with Crippen molar-refractivity contribution in [3.8, 4) is 0 Å². The second kappa shape index (κ2) is 3.80. The van der Waals surface area contributed by atoms with Gasteiger partial charge in [-0.2, -0.15) is 0 Å². The van der Waals surface area contributed by atoms with Crippen LogP contribution < -0.4 is 0 Å². The smallest absolute Gasteiger partial charge is 0.169 e. The zero-order valence-corrected chi connectivity index (χ0v) is 9.03. The van der Waals surface area contributed by atoms with Crippen molar-refractivity contribution in [2.24, 2.45) is 17.8 Å². The predicted octanol–water partition coefficient (Wildman–Crippen LogP) is 1.40. The van der Waals surface area contributed by atoms with Crippen molar-refractivity contribution in [3.05, 3.63) is 0 Å². The molecule has 1 N–H and O–H groups in total. The first-order valence-corrected chi connectivity index (χ1v) is 5.56. The minimum absolute atomic E-state index is 0.290. The molecule has 82 valence electrons. The van der Waals surface area contributed by atoms with Gasteiger partial charge in [-0.3, -0.25) is 0 Å². The molecule has 0 aromatic rings. The highest BCUT2D eigenvalue weighted by atomic mass is 16.7. The van der Waals surface area contributed by atoms with Crippen LogP contribution in [-0.4, -0.2) is 30.7 Å². The first kappa shape index (κ1) is 10.4. The minimum atomic E-state index is -0.315. The molecule has 2 rings (SSSR count). The summed E-state index contributed by atoms with van der Waals surface area (Å²) >= 11 is 0. The normalized spacial score (nSPS) is 41.8. The lowest BCUT2D eigenvalue weighted by Crippen LogP contribution is -2.44. The number of ether oxygens (including phenoxy) is 2. The van der Waals surface area contributed by atoms with Crippen LogP contribution in [0.3, 0.4) is 0 Å². The van der Waals surface area contributed by atoms with Gasteiger partial charge >= 0.3 is 0 Å². The summed E-state index contributed by atoms with van der Waals surface area (Å²) in [4.78, 5) is 0. The molecule has 3 heteroatoms. The molecule has 2 atom stereocenters. The van der Waals surface area contributed by atoms with E-state index in [1.54, 1.807) is 0 Å². The lowest BCUT2D eigenvalue weighted by atomic mass is 9.71. The van der Waals surface area contributed by atoms with Gasteiger partial charge in [-0.15, -0.1) is 0 Å². The Balaban J connectivity index is 2.06. The highest BCUT2D eigenvalue weighted by molar-refractivity contribution is 4.89. The van der Waals surface area contributed by atoms with E-state index in [9.17, 15) is 5.11 Å². The lowest BCUT2D eigenvalue weighted by Gasteiger charge is -2.43. The Kier molecular flexibility index (Phi) is 2.82. The van der Waals surface area contributed by atoms with E-state index in [4.69, 9.17) is 9.47 Å². The van der Waals surface area contributed by atoms with E-state index in [0.29, 0.717) is 24.4 Å². The highest BCUT2D eigenvalue weighted by Crippen LogP contribution is 2.44. The van der Waals surface area contributed by atoms with Crippen molar-refractivity contribution in [3.63, 3.8) is 0 Å². The van der Waals surface area contributed by atoms with Crippen LogP contribution in [0.1, 0.15) is 26.7 Å². The molecule has 0 radical (unpaired) electrons. The highest BCUT2D eigenvalue weighted by Gasteiger charge is 2.46. The molecule has 1 saturated heterocycles. The Hall–Kier alpha value is -0.120. The minimum Gasteiger partial charge on any atom is -0.396 e. The molecule has 1 aliphatic carbocycles. The predicted molar refractivity (Wildman–Crippen MR) is 52.8 cm³/mol. The number of aliphatic hydroxyl groups excluding tert-OH is 1. The topological polar surface area (TPSA) is 38.7 Å². The summed E-state index contributed by atoms with van der Waals surface area (Å²) in [6.45, 7) is 6.11. The van der Waals surface area contributed by atoms with Gasteiger partial charge in [-0.25, -0.2) is 0 Å². The fourth-order valence-electron chi connectivity index (χ4n) is 3.02. The standard InChI is InChI=1S/C11H20O3/c1-8-5-11(13-3-4-14-11)6-9(2)10(8)7-12/h8-10,12H,3-7H2,1-2H3. The van der Waals surface area contributed by atoms with Crippen LogP contribution in [0, 0.1) is 17.8 Å². The van der Waals surface area contributed by atoms with Crippen LogP contribution in [0.25, 0.3) is 0 Å². The summed E-state index contributed by atoms with van der Waals surface area (Å²) in [5, 5.41) is 9.28. The molecular weight excluding hydrogens is 180 g/mol. The molecule has 2 aliphatic rings. The average molecular weight is 200 g/mol. The number of hydrogen-bond donors (Lipinski definition) is 1. The average Bonchev–Trinajstić information content (AvgIpc) is 2.52. The van der Waals surface area contributed by atoms with Gasteiger partial charge in [0.15, 0.2) is 5.79 Å². The van der Waals surface area contributed by atoms with Crippen molar-refractivity contribution in [1.82, 2.24) is 0 Å². The van der Waals surface area contributed by atoms with Crippen molar-refractivity contribution < 1.29 is 14.6 Å². The molecule has 14 heavy (non-hydrogen) atoms. The Morgan fingerprint density at radius 2 is 1.64 bits per heavy atom. The summed E-state index contributed by atoms with van der Waals surface area (Å²) in [7, 11) is 0. The van der Waals surface area contributed by atoms with Gasteiger partial charge in [-0.1, -0.05) is 13.8 Å². The van der Waals surface area contributed by atoms with Crippen LogP contribution in [-0.2, 0) is 9.47 Å². The molecule has 1 aliphatic heterocycles. The molecule has 2 unspecified atom stereocenters. The third-order valence-electron chi connectivity index (χ3n) is 3.75. The van der Waals surface area contributed by atoms with Crippen LogP contribution in [0.2, 0.25) is 0 Å². The van der Waals surface area contributed by atoms with E-state index in [2.05, 4.69) is 13.8 Å². The van der Waals surface area contributed by atoms with Gasteiger partial charge in [0.2, 0.25) is 0 Å². The van der Waals surface area contributed by atoms with Crippen molar-refractivity contribution in [2.45, 2.75) is 32.5 Å². The van der Waals surface area contributed by atoms with E-state index in [1.165, 1.54) is 0 Å². The molecule has 1 heterocycles. The molecule has 0 bridgehead atoms. The molecule has 0 aromatic carbocycles. The van der Waals surface area contributed by atoms with Gasteiger partial charge in [0, 0.05) is 19.4 Å². The van der Waals surface area contributed by atoms with E-state index in [0.717, 1.165) is 26.1 Å². The zero-order chi connectivity index (χ0) is 10.2. The monoisotopic (exact) mass is 200 g/mol. The molecule has 1 spiro atoms. The second-order valence-corrected chi connectivity index (χ2v) is 4.82. The van der Waals surface area contributed by atoms with Gasteiger partial charge in [0.1, 0.15) is 0 Å². The van der Waals surface area contributed by atoms with Crippen molar-refractivity contribution in [2.75, 3.05) is 19.8 Å². The third-order valence-corrected chi connectivity index (χ3v) is 3.75. The Morgan fingerprint density at radius 1 is 1.14 bits per heavy atom. The fraction of sp³-hybridized carbons (Fsp3) is 1.00. The third kappa shape index (κ3) is 1.69. The fourth-order valence-corrected chi connectivity index (χ4v) is 3.02. The molecular formula is C11H20O3. The van der Waals surface area contributed by atoms with Crippen molar-refractivity contribution in [1.29, 1.82) is 0 Å². The molecule has 2 fully saturated rings. The quantitative estimate of drug-likeness (QED) is 0.695. The van der Waals surface area contributed by atoms with Crippen molar-refractivity contribution >= 4 is 0 Å². The number of hydrogen-bond acceptors (Lipinski definition) is 3. The first-order chi connectivity index (χ1) is 6.67. The summed E-state index contributed by atoms with van der Waals surface area (Å²) in [5.41, 5.74) is 0. The molecule has 1 saturated carbocycles. The van der Waals surface area contributed by atoms with Gasteiger partial charge in [0.25, 0.3) is 0 Å². The van der Waals surface area contributed by atoms with Crippen LogP contribution in [0.15, 0.2) is 0 Å². The summed E-state index contributed by atoms with van der Waals surface area (Å²) in [6.07, 6.45) is 1.87. The zero-order valence-electron chi connectivity index (χ0n) is 9.03. The Bertz CT molecular complexity index is 185. The number of rotatable bonds is 1. The largest absolute Gasteiger partial charge is 0.396 e. The van der Waals surface area contributed by atoms with Gasteiger partial charge < -0.3 is 14.6 Å². The van der Waals surface area contributed by atoms with E-state index in [1.807, 2.05) is 0 Å². The van der Waals surface area contributed by atoms with Gasteiger partial charge in [-0.05, 0) is 17.8 Å². The first-order valence-electron chi connectivity index (χ1n) is 5.56. The van der Waals surface area contributed by atoms with E-state index < -0.39 is 0 Å². The van der Waals surface area contributed by atoms with Gasteiger partial charge in [0.05, 0.1) is 13.2 Å². The van der Waals surface area contributed by atoms with Crippen LogP contribution in [0.5, 0.6) is 0 Å². The van der Waals surface area contributed by atoms with Crippen LogP contribution in [0.4, 0.5) is 0 Å². The van der Waals surface area contributed by atoms with E-state index >= 15 is 0 Å². The summed E-state index contributed by atoms with van der Waals surface area (Å²) < 4.78 is 11.4. The Labute approximate surface area is 85.4 Å². The second-order valence-electron chi connectivity index (χ2n) is 4.82. The maximum Gasteiger partial charge on any atom is 0.169 e. The SMILES string of the molecule is CC1CC2(CC(C)C1CO)OCCO2. The maximum atomic E-state index is 9.28. The molecule has 0 aromatic heterocycles. The van der Waals surface area contributed by atoms with Crippen LogP contribution >= 0.6 is 0 Å². The molecule has 3 nitrogen and oxygen atoms in total. The summed E-state index contributed by atoms with van der Waals surface area (Å²) in [6, 6.07) is 0. The van der Waals surface area contributed by atoms with E-state index in [-0.39, 0.29) is 5.79 Å². The molecule has 0 amide bonds. The Morgan fingerprint density at radius 3 is 2.07 bits per heavy atom. The number of aliphatic hydroxyl groups is 1.